The minimum Gasteiger partial charge on any atom is -0.468 e. The molecule has 6 heterocycles. The lowest BCUT2D eigenvalue weighted by atomic mass is 9.35. The zero-order chi connectivity index (χ0) is 61.3. The molecule has 266 valence electrons. The van der Waals surface area contributed by atoms with Crippen LogP contribution in [0.4, 0.5) is 34.1 Å². The van der Waals surface area contributed by atoms with Crippen LogP contribution in [0.15, 0.2) is 168 Å². The molecule has 7 heteroatoms. The lowest BCUT2D eigenvalue weighted by molar-refractivity contribution is 0.651. The van der Waals surface area contributed by atoms with Crippen molar-refractivity contribution in [3.8, 4) is 22.9 Å². The van der Waals surface area contributed by atoms with Crippen LogP contribution in [0.1, 0.15) is 42.6 Å². The first-order chi connectivity index (χ1) is 40.0. The molecule has 0 spiro atoms. The molecule has 0 saturated carbocycles. The Balaban J connectivity index is 1.29. The van der Waals surface area contributed by atoms with Crippen molar-refractivity contribution in [3.63, 3.8) is 0 Å². The zero-order valence-electron chi connectivity index (χ0n) is 55.7. The minimum atomic E-state index is -1.91. The topological polar surface area (TPSA) is 48.3 Å². The summed E-state index contributed by atoms with van der Waals surface area (Å²) in [7, 11) is 0. The van der Waals surface area contributed by atoms with Gasteiger partial charge >= 0.3 is 0 Å². The largest absolute Gasteiger partial charge is 0.468 e. The highest BCUT2D eigenvalue weighted by Crippen LogP contribution is 2.54. The van der Waals surface area contributed by atoms with Crippen LogP contribution >= 0.6 is 11.3 Å². The Hall–Kier alpha value is -7.53. The molecular formula is C51H27BN4OS. The van der Waals surface area contributed by atoms with Gasteiger partial charge in [0.15, 0.2) is 0 Å². The highest BCUT2D eigenvalue weighted by molar-refractivity contribution is 7.26. The number of fused-ring (bicyclic) bond motifs is 14. The number of nitrogens with zero attached hydrogens (tertiary/aromatic N) is 4. The Kier molecular flexibility index (Phi) is 2.83. The number of benzene rings is 8. The van der Waals surface area contributed by atoms with Gasteiger partial charge in [0.25, 0.3) is 6.71 Å². The number of rotatable bonds is 2. The summed E-state index contributed by atoms with van der Waals surface area (Å²) >= 11 is 0.635. The molecule has 0 atom stereocenters. The van der Waals surface area contributed by atoms with E-state index in [0.29, 0.717) is 11.3 Å². The van der Waals surface area contributed by atoms with Gasteiger partial charge in [-0.1, -0.05) is 103 Å². The average molecular weight is 782 g/mol. The maximum Gasteiger partial charge on any atom is 0.297 e. The van der Waals surface area contributed by atoms with Crippen LogP contribution in [0.3, 0.4) is 0 Å². The van der Waals surface area contributed by atoms with Crippen molar-refractivity contribution >= 4 is 122 Å². The second-order valence-corrected chi connectivity index (χ2v) is 14.5. The van der Waals surface area contributed by atoms with Gasteiger partial charge in [-0.15, -0.1) is 11.3 Å². The normalized spacial score (nSPS) is 19.9. The summed E-state index contributed by atoms with van der Waals surface area (Å²) in [6, 6.07) is -20.3. The summed E-state index contributed by atoms with van der Waals surface area (Å²) in [6.07, 6.45) is 0. The quantitative estimate of drug-likeness (QED) is 0.164. The summed E-state index contributed by atoms with van der Waals surface area (Å²) in [4.78, 5) is 2.06. The molecule has 0 N–H and O–H groups in total. The number of anilines is 6. The Bertz CT molecular complexity index is 5250. The molecule has 0 fully saturated rings. The third-order valence-corrected chi connectivity index (χ3v) is 11.7. The molecule has 0 aliphatic carbocycles. The maximum absolute atomic E-state index is 11.3. The van der Waals surface area contributed by atoms with Crippen LogP contribution in [-0.4, -0.2) is 11.3 Å². The highest BCUT2D eigenvalue weighted by Gasteiger charge is 2.49. The van der Waals surface area contributed by atoms with Crippen molar-refractivity contribution in [2.45, 2.75) is 0 Å². The fraction of sp³-hybridized carbons (Fsp3) is 0. The summed E-state index contributed by atoms with van der Waals surface area (Å²) in [5.41, 5.74) is -8.72. The van der Waals surface area contributed by atoms with E-state index >= 15 is 0 Å². The fourth-order valence-electron chi connectivity index (χ4n) is 8.56. The smallest absolute Gasteiger partial charge is 0.297 e. The highest BCUT2D eigenvalue weighted by atomic mass is 32.1. The number of para-hydroxylation sites is 3. The van der Waals surface area contributed by atoms with Crippen LogP contribution in [0, 0.1) is 11.3 Å². The monoisotopic (exact) mass is 781 g/mol. The molecular weight excluding hydrogens is 727 g/mol. The van der Waals surface area contributed by atoms with Gasteiger partial charge in [-0.2, -0.15) is 5.26 Å². The van der Waals surface area contributed by atoms with Crippen LogP contribution in [0.25, 0.3) is 69.8 Å². The maximum atomic E-state index is 11.3. The van der Waals surface area contributed by atoms with E-state index in [1.165, 1.54) is 0 Å². The van der Waals surface area contributed by atoms with E-state index in [2.05, 4.69) is 0 Å². The molecule has 0 amide bonds. The molecule has 0 unspecified atom stereocenters. The molecule has 0 radical (unpaired) electrons. The predicted octanol–water partition coefficient (Wildman–Crippen LogP) is 11.8. The van der Waals surface area contributed by atoms with Crippen LogP contribution in [0.2, 0.25) is 0 Å². The van der Waals surface area contributed by atoms with E-state index in [1.54, 1.807) is 0 Å². The number of hydrogen-bond donors (Lipinski definition) is 0. The fourth-order valence-corrected chi connectivity index (χ4v) is 9.53. The van der Waals surface area contributed by atoms with Crippen molar-refractivity contribution in [1.82, 2.24) is 4.57 Å². The Morgan fingerprint density at radius 2 is 1.28 bits per heavy atom. The van der Waals surface area contributed by atoms with Gasteiger partial charge in [0, 0.05) is 47.7 Å². The van der Waals surface area contributed by atoms with Gasteiger partial charge in [-0.3, -0.25) is 0 Å². The molecule has 0 bridgehead atoms. The molecule has 11 aromatic rings. The van der Waals surface area contributed by atoms with E-state index in [4.69, 9.17) is 18.1 Å². The van der Waals surface area contributed by atoms with E-state index in [-0.39, 0.29) is 36.5 Å². The molecule has 8 aromatic carbocycles. The molecule has 3 aliphatic rings. The first-order valence-electron chi connectivity index (χ1n) is 30.9. The van der Waals surface area contributed by atoms with Crippen LogP contribution in [0.5, 0.6) is 0 Å². The van der Waals surface area contributed by atoms with E-state index in [1.807, 2.05) is 6.07 Å². The second kappa shape index (κ2) is 10.9. The third kappa shape index (κ3) is 3.72. The summed E-state index contributed by atoms with van der Waals surface area (Å²) < 4.78 is 258. The molecule has 3 aromatic heterocycles. The van der Waals surface area contributed by atoms with Crippen molar-refractivity contribution in [2.24, 2.45) is 0 Å². The summed E-state index contributed by atoms with van der Waals surface area (Å²) in [6.45, 7) is -1.91. The van der Waals surface area contributed by atoms with Gasteiger partial charge in [0.1, 0.15) is 5.58 Å². The summed E-state index contributed by atoms with van der Waals surface area (Å²) in [5, 5.41) is 9.28. The van der Waals surface area contributed by atoms with Crippen molar-refractivity contribution in [2.75, 3.05) is 9.80 Å². The number of furan rings is 1. The lowest BCUT2D eigenvalue weighted by Gasteiger charge is -2.44. The zero-order valence-corrected chi connectivity index (χ0v) is 29.5. The Morgan fingerprint density at radius 3 is 2.16 bits per heavy atom. The number of hydrogen-bond acceptors (Lipinski definition) is 5. The lowest BCUT2D eigenvalue weighted by Crippen LogP contribution is -2.61. The molecule has 3 aliphatic heterocycles. The standard InChI is InChI=1S/C51H27BN4OS/c53-28-29-25-41-47-42(26-29)56-39-19-8-15-33-32-13-4-6-17-37(32)54(48(33)39)40-20-9-16-36(50(40)56)52(47)51-49(35-27-31(23-24-43(35)57-51)30-11-2-1-3-12-30)55(41)38-18-10-22-45-46(38)34-14-5-7-21-44(34)58-45/h1-27H/i1D,2D,3D,4D,5D,6D,7D,8D,9D,10D,11D,12D,13D,14D,15D,16D,17D,18D,19D,20D,21D,22D,23D,24D,25D,26D,27D. The van der Waals surface area contributed by atoms with E-state index in [0.717, 1.165) is 14.4 Å². The van der Waals surface area contributed by atoms with Gasteiger partial charge in [-0.05, 0) is 82.5 Å². The number of thiophene rings is 1. The predicted molar refractivity (Wildman–Crippen MR) is 241 cm³/mol. The molecule has 5 nitrogen and oxygen atoms in total. The molecule has 58 heavy (non-hydrogen) atoms. The number of nitriles is 1. The van der Waals surface area contributed by atoms with Crippen LogP contribution in [-0.2, 0) is 0 Å². The number of aromatic nitrogens is 1. The van der Waals surface area contributed by atoms with Gasteiger partial charge in [0.05, 0.1) is 93.8 Å². The first kappa shape index (κ1) is 15.1. The van der Waals surface area contributed by atoms with Gasteiger partial charge in [0.2, 0.25) is 0 Å². The summed E-state index contributed by atoms with van der Waals surface area (Å²) in [5.74, 6) is 0. The van der Waals surface area contributed by atoms with Crippen molar-refractivity contribution < 1.29 is 41.4 Å². The first-order valence-corrected chi connectivity index (χ1v) is 18.2. The van der Waals surface area contributed by atoms with E-state index in [9.17, 15) is 28.6 Å². The SMILES string of the molecule is [2H]c1c([2H])c([2H])c(-c2c([2H])c([2H])c3oc4c(c3c2[2H])N(c2c([2H])c([2H])c([2H])c3sc5c([2H])c([2H])c([2H])c([2H])c5c23)c2c([2H])c(C#N)c([2H])c3c2B4c2c([2H])c([2H])c([2H])c4c2N3c2c([2H])c([2H])c([2H])c3c5c([2H])c([2H])c([2H])c([2H])c5n-4c23)c([2H])c1[2H]. The van der Waals surface area contributed by atoms with Gasteiger partial charge in [-0.25, -0.2) is 0 Å². The van der Waals surface area contributed by atoms with E-state index < -0.39 is 259 Å². The molecule has 0 saturated heterocycles. The average Bonchev–Trinajstić information content (AvgIpc) is 1.66. The van der Waals surface area contributed by atoms with Gasteiger partial charge < -0.3 is 18.8 Å². The Morgan fingerprint density at radius 1 is 0.569 bits per heavy atom. The van der Waals surface area contributed by atoms with Crippen LogP contribution < -0.4 is 26.4 Å². The molecule has 14 rings (SSSR count). The van der Waals surface area contributed by atoms with Crippen molar-refractivity contribution in [1.29, 1.82) is 5.26 Å². The third-order valence-electron chi connectivity index (χ3n) is 10.7. The second-order valence-electron chi connectivity index (χ2n) is 13.4. The Labute approximate surface area is 374 Å². The van der Waals surface area contributed by atoms with Crippen molar-refractivity contribution in [3.05, 3.63) is 169 Å². The minimum absolute atomic E-state index is 0.187.